The molecule has 0 aliphatic carbocycles. The van der Waals surface area contributed by atoms with Crippen LogP contribution in [0.2, 0.25) is 0 Å². The lowest BCUT2D eigenvalue weighted by molar-refractivity contribution is -0.133. The second-order valence-electron chi connectivity index (χ2n) is 5.85. The normalized spacial score (nSPS) is 16.1. The predicted octanol–water partition coefficient (Wildman–Crippen LogP) is 1.89. The summed E-state index contributed by atoms with van der Waals surface area (Å²) < 4.78 is 0. The average Bonchev–Trinajstić information content (AvgIpc) is 2.54. The third-order valence-corrected chi connectivity index (χ3v) is 4.21. The number of hydrogen-bond donors (Lipinski definition) is 2. The molecule has 2 rings (SSSR count). The van der Waals surface area contributed by atoms with E-state index in [1.807, 2.05) is 42.3 Å². The van der Waals surface area contributed by atoms with Gasteiger partial charge in [-0.25, -0.2) is 0 Å². The molecule has 1 fully saturated rings. The molecule has 1 aromatic carbocycles. The summed E-state index contributed by atoms with van der Waals surface area (Å²) in [7, 11) is 1.87. The maximum Gasteiger partial charge on any atom is 0.224 e. The van der Waals surface area contributed by atoms with Crippen LogP contribution in [0.4, 0.5) is 0 Å². The lowest BCUT2D eigenvalue weighted by Crippen LogP contribution is -2.45. The van der Waals surface area contributed by atoms with Crippen LogP contribution in [0.15, 0.2) is 30.3 Å². The van der Waals surface area contributed by atoms with Gasteiger partial charge in [0.25, 0.3) is 0 Å². The lowest BCUT2D eigenvalue weighted by atomic mass is 10.0. The number of benzene rings is 1. The maximum absolute atomic E-state index is 12.6. The van der Waals surface area contributed by atoms with E-state index in [0.29, 0.717) is 12.5 Å². The van der Waals surface area contributed by atoms with Crippen molar-refractivity contribution in [2.24, 2.45) is 0 Å². The van der Waals surface area contributed by atoms with Crippen molar-refractivity contribution in [2.75, 3.05) is 20.1 Å². The van der Waals surface area contributed by atoms with Crippen LogP contribution in [-0.4, -0.2) is 42.9 Å². The summed E-state index contributed by atoms with van der Waals surface area (Å²) in [6.45, 7) is 3.39. The molecule has 0 radical (unpaired) electrons. The van der Waals surface area contributed by atoms with Crippen molar-refractivity contribution in [3.63, 3.8) is 0 Å². The molecule has 1 aliphatic rings. The topological polar surface area (TPSA) is 61.4 Å². The molecule has 1 aromatic rings. The zero-order chi connectivity index (χ0) is 15.9. The van der Waals surface area contributed by atoms with Crippen LogP contribution in [0.25, 0.3) is 0 Å². The molecule has 0 spiro atoms. The monoisotopic (exact) mass is 339 g/mol. The van der Waals surface area contributed by atoms with Gasteiger partial charge in [0, 0.05) is 20.0 Å². The van der Waals surface area contributed by atoms with Crippen LogP contribution in [-0.2, 0) is 9.59 Å². The summed E-state index contributed by atoms with van der Waals surface area (Å²) in [5.41, 5.74) is 0.963. The minimum absolute atomic E-state index is 0. The fraction of sp³-hybridized carbons (Fsp3) is 0.529. The van der Waals surface area contributed by atoms with Crippen LogP contribution >= 0.6 is 12.4 Å². The van der Waals surface area contributed by atoms with Gasteiger partial charge in [0.1, 0.15) is 0 Å². The fourth-order valence-electron chi connectivity index (χ4n) is 2.90. The zero-order valence-corrected chi connectivity index (χ0v) is 14.6. The second kappa shape index (κ2) is 9.53. The number of carbonyl (C=O) groups excluding carboxylic acids is 2. The molecule has 6 heteroatoms. The van der Waals surface area contributed by atoms with Gasteiger partial charge >= 0.3 is 0 Å². The molecule has 23 heavy (non-hydrogen) atoms. The number of halogens is 1. The van der Waals surface area contributed by atoms with Gasteiger partial charge in [0.05, 0.1) is 12.5 Å². The molecule has 128 valence electrons. The van der Waals surface area contributed by atoms with Crippen molar-refractivity contribution >= 4 is 24.2 Å². The highest BCUT2D eigenvalue weighted by Gasteiger charge is 2.25. The van der Waals surface area contributed by atoms with Crippen molar-refractivity contribution < 1.29 is 9.59 Å². The standard InChI is InChI=1S/C17H25N3O2.ClH/c1-13(21)19-16(14-6-4-3-5-7-14)12-17(22)20(2)15-8-10-18-11-9-15;/h3-7,15-16,18H,8-12H2,1-2H3,(H,19,21);1H. The van der Waals surface area contributed by atoms with E-state index in [1.54, 1.807) is 0 Å². The Morgan fingerprint density at radius 3 is 2.43 bits per heavy atom. The third-order valence-electron chi connectivity index (χ3n) is 4.21. The van der Waals surface area contributed by atoms with Crippen molar-refractivity contribution in [3.05, 3.63) is 35.9 Å². The quantitative estimate of drug-likeness (QED) is 0.861. The van der Waals surface area contributed by atoms with Crippen molar-refractivity contribution in [1.82, 2.24) is 15.5 Å². The Balaban J connectivity index is 0.00000264. The van der Waals surface area contributed by atoms with E-state index in [-0.39, 0.29) is 30.3 Å². The van der Waals surface area contributed by atoms with Gasteiger partial charge in [-0.1, -0.05) is 30.3 Å². The first-order chi connectivity index (χ1) is 10.6. The highest BCUT2D eigenvalue weighted by atomic mass is 35.5. The molecule has 0 bridgehead atoms. The number of hydrogen-bond acceptors (Lipinski definition) is 3. The van der Waals surface area contributed by atoms with E-state index in [0.717, 1.165) is 31.5 Å². The molecular weight excluding hydrogens is 314 g/mol. The maximum atomic E-state index is 12.6. The first kappa shape index (κ1) is 19.5. The molecule has 1 atom stereocenters. The zero-order valence-electron chi connectivity index (χ0n) is 13.7. The highest BCUT2D eigenvalue weighted by molar-refractivity contribution is 5.85. The Kier molecular flexibility index (Phi) is 8.06. The van der Waals surface area contributed by atoms with Crippen LogP contribution in [0, 0.1) is 0 Å². The Morgan fingerprint density at radius 2 is 1.87 bits per heavy atom. The van der Waals surface area contributed by atoms with E-state index < -0.39 is 0 Å². The minimum Gasteiger partial charge on any atom is -0.349 e. The van der Waals surface area contributed by atoms with Crippen LogP contribution in [0.1, 0.15) is 37.8 Å². The fourth-order valence-corrected chi connectivity index (χ4v) is 2.90. The molecule has 0 aromatic heterocycles. The van der Waals surface area contributed by atoms with E-state index in [2.05, 4.69) is 10.6 Å². The molecule has 1 unspecified atom stereocenters. The van der Waals surface area contributed by atoms with Gasteiger partial charge in [-0.2, -0.15) is 0 Å². The summed E-state index contributed by atoms with van der Waals surface area (Å²) in [6, 6.07) is 9.68. The molecule has 2 N–H and O–H groups in total. The number of nitrogens with one attached hydrogen (secondary N) is 2. The Morgan fingerprint density at radius 1 is 1.26 bits per heavy atom. The molecule has 1 heterocycles. The van der Waals surface area contributed by atoms with Crippen LogP contribution in [0.5, 0.6) is 0 Å². The number of piperidine rings is 1. The largest absolute Gasteiger partial charge is 0.349 e. The van der Waals surface area contributed by atoms with Gasteiger partial charge in [0.15, 0.2) is 0 Å². The van der Waals surface area contributed by atoms with Crippen molar-refractivity contribution in [1.29, 1.82) is 0 Å². The predicted molar refractivity (Wildman–Crippen MR) is 93.5 cm³/mol. The summed E-state index contributed by atoms with van der Waals surface area (Å²) in [5, 5.41) is 6.19. The van der Waals surface area contributed by atoms with E-state index in [9.17, 15) is 9.59 Å². The summed E-state index contributed by atoms with van der Waals surface area (Å²) in [6.07, 6.45) is 2.26. The minimum atomic E-state index is -0.268. The molecule has 1 saturated heterocycles. The van der Waals surface area contributed by atoms with E-state index in [1.165, 1.54) is 6.92 Å². The first-order valence-electron chi connectivity index (χ1n) is 7.86. The first-order valence-corrected chi connectivity index (χ1v) is 7.86. The number of rotatable bonds is 5. The third kappa shape index (κ3) is 5.84. The lowest BCUT2D eigenvalue weighted by Gasteiger charge is -2.32. The van der Waals surface area contributed by atoms with Crippen molar-refractivity contribution in [3.8, 4) is 0 Å². The van der Waals surface area contributed by atoms with Gasteiger partial charge < -0.3 is 15.5 Å². The Labute approximate surface area is 144 Å². The summed E-state index contributed by atoms with van der Waals surface area (Å²) in [5.74, 6) is -0.0410. The Bertz CT molecular complexity index is 504. The van der Waals surface area contributed by atoms with Crippen LogP contribution < -0.4 is 10.6 Å². The number of amides is 2. The molecule has 5 nitrogen and oxygen atoms in total. The highest BCUT2D eigenvalue weighted by Crippen LogP contribution is 2.19. The van der Waals surface area contributed by atoms with Gasteiger partial charge in [-0.15, -0.1) is 12.4 Å². The molecule has 2 amide bonds. The Hall–Kier alpha value is -1.59. The van der Waals surface area contributed by atoms with Gasteiger partial charge in [-0.3, -0.25) is 9.59 Å². The van der Waals surface area contributed by atoms with E-state index >= 15 is 0 Å². The van der Waals surface area contributed by atoms with Crippen molar-refractivity contribution in [2.45, 2.75) is 38.3 Å². The summed E-state index contributed by atoms with van der Waals surface area (Å²) in [4.78, 5) is 25.8. The molecule has 1 aliphatic heterocycles. The number of carbonyl (C=O) groups is 2. The van der Waals surface area contributed by atoms with E-state index in [4.69, 9.17) is 0 Å². The van der Waals surface area contributed by atoms with Gasteiger partial charge in [-0.05, 0) is 31.5 Å². The van der Waals surface area contributed by atoms with Crippen LogP contribution in [0.3, 0.4) is 0 Å². The molecular formula is C17H26ClN3O2. The number of nitrogens with zero attached hydrogens (tertiary/aromatic N) is 1. The molecule has 0 saturated carbocycles. The summed E-state index contributed by atoms with van der Waals surface area (Å²) >= 11 is 0. The average molecular weight is 340 g/mol. The second-order valence-corrected chi connectivity index (χ2v) is 5.85. The smallest absolute Gasteiger partial charge is 0.224 e. The SMILES string of the molecule is CC(=O)NC(CC(=O)N(C)C1CCNCC1)c1ccccc1.Cl. The van der Waals surface area contributed by atoms with Gasteiger partial charge in [0.2, 0.25) is 11.8 Å².